The summed E-state index contributed by atoms with van der Waals surface area (Å²) in [5, 5.41) is 1.03. The predicted octanol–water partition coefficient (Wildman–Crippen LogP) is 7.68. The summed E-state index contributed by atoms with van der Waals surface area (Å²) in [4.78, 5) is 17.4. The number of imidazole rings is 1. The van der Waals surface area contributed by atoms with Crippen LogP contribution in [-0.2, 0) is 21.0 Å². The van der Waals surface area contributed by atoms with Gasteiger partial charge in [-0.25, -0.2) is 18.2 Å². The highest BCUT2D eigenvalue weighted by molar-refractivity contribution is 7.90. The number of benzene rings is 4. The third-order valence-electron chi connectivity index (χ3n) is 6.55. The molecule has 9 heteroatoms. The monoisotopic (exact) mass is 604 g/mol. The van der Waals surface area contributed by atoms with Crippen molar-refractivity contribution in [3.8, 4) is 28.1 Å². The van der Waals surface area contributed by atoms with Gasteiger partial charge in [0.2, 0.25) is 0 Å². The molecule has 0 saturated heterocycles. The molecular weight excluding hydrogens is 579 g/mol. The van der Waals surface area contributed by atoms with E-state index in [4.69, 9.17) is 32.9 Å². The highest BCUT2D eigenvalue weighted by atomic mass is 35.5. The Labute approximate surface area is 249 Å². The van der Waals surface area contributed by atoms with Crippen LogP contribution >= 0.6 is 23.2 Å². The van der Waals surface area contributed by atoms with Crippen molar-refractivity contribution in [2.75, 3.05) is 12.9 Å². The summed E-state index contributed by atoms with van der Waals surface area (Å²) in [6.45, 7) is 2.08. The summed E-state index contributed by atoms with van der Waals surface area (Å²) in [5.41, 5.74) is 5.47. The largest absolute Gasteiger partial charge is 0.462 e. The molecule has 0 unspecified atom stereocenters. The van der Waals surface area contributed by atoms with Gasteiger partial charge in [-0.1, -0.05) is 59.6 Å². The normalized spacial score (nSPS) is 11.4. The van der Waals surface area contributed by atoms with E-state index in [1.807, 2.05) is 59.3 Å². The van der Waals surface area contributed by atoms with Crippen LogP contribution in [0.15, 0.2) is 102 Å². The number of ether oxygens (including phenoxy) is 1. The van der Waals surface area contributed by atoms with Crippen LogP contribution < -0.4 is 0 Å². The summed E-state index contributed by atoms with van der Waals surface area (Å²) >= 11 is 12.6. The number of hydrogen-bond donors (Lipinski definition) is 0. The molecule has 5 rings (SSSR count). The zero-order valence-electron chi connectivity index (χ0n) is 22.3. The number of hydrogen-bond acceptors (Lipinski definition) is 5. The second-order valence-electron chi connectivity index (χ2n) is 9.48. The van der Waals surface area contributed by atoms with Gasteiger partial charge in [-0.2, -0.15) is 0 Å². The number of esters is 1. The first kappa shape index (κ1) is 28.6. The maximum Gasteiger partial charge on any atom is 0.338 e. The smallest absolute Gasteiger partial charge is 0.338 e. The highest BCUT2D eigenvalue weighted by Crippen LogP contribution is 2.31. The van der Waals surface area contributed by atoms with E-state index in [9.17, 15) is 13.2 Å². The number of carbonyl (C=O) groups excluding carboxylic acids is 1. The van der Waals surface area contributed by atoms with E-state index in [1.165, 1.54) is 6.26 Å². The van der Waals surface area contributed by atoms with Gasteiger partial charge in [-0.15, -0.1) is 0 Å². The number of carbonyl (C=O) groups is 1. The molecule has 0 bridgehead atoms. The first-order chi connectivity index (χ1) is 19.6. The Morgan fingerprint density at radius 1 is 0.902 bits per heavy atom. The van der Waals surface area contributed by atoms with Crippen molar-refractivity contribution in [1.82, 2.24) is 9.55 Å². The maximum atomic E-state index is 12.2. The minimum atomic E-state index is -3.30. The Bertz CT molecular complexity index is 1830. The number of aromatic nitrogens is 2. The van der Waals surface area contributed by atoms with Gasteiger partial charge in [-0.3, -0.25) is 0 Å². The molecule has 0 fully saturated rings. The van der Waals surface area contributed by atoms with E-state index >= 15 is 0 Å². The Balaban J connectivity index is 1.49. The van der Waals surface area contributed by atoms with Gasteiger partial charge in [0.15, 0.2) is 9.84 Å². The van der Waals surface area contributed by atoms with E-state index in [2.05, 4.69) is 0 Å². The van der Waals surface area contributed by atoms with Crippen LogP contribution in [0.3, 0.4) is 0 Å². The average Bonchev–Trinajstić information content (AvgIpc) is 3.36. The standard InChI is InChI=1S/C32H26Cl2N2O4S/c1-3-40-32(37)23-11-14-26(15-12-23)36-20-30(28-16-13-25(33)19-29(28)34)35-31(36)17-21-7-9-22(10-8-21)24-5-4-6-27(18-24)41(2,38)39/h4-16,18-20H,3,17H2,1-2H3. The lowest BCUT2D eigenvalue weighted by Crippen LogP contribution is -2.05. The van der Waals surface area contributed by atoms with Crippen LogP contribution in [0, 0.1) is 0 Å². The third kappa shape index (κ3) is 6.54. The molecule has 4 aromatic carbocycles. The van der Waals surface area contributed by atoms with Crippen LogP contribution in [0.1, 0.15) is 28.7 Å². The van der Waals surface area contributed by atoms with Crippen LogP contribution in [0.25, 0.3) is 28.1 Å². The molecule has 41 heavy (non-hydrogen) atoms. The van der Waals surface area contributed by atoms with E-state index < -0.39 is 9.84 Å². The van der Waals surface area contributed by atoms with Crippen LogP contribution in [0.5, 0.6) is 0 Å². The van der Waals surface area contributed by atoms with Gasteiger partial charge < -0.3 is 9.30 Å². The molecule has 0 aliphatic rings. The second-order valence-corrected chi connectivity index (χ2v) is 12.3. The molecule has 0 amide bonds. The molecule has 6 nitrogen and oxygen atoms in total. The van der Waals surface area contributed by atoms with Crippen LogP contribution in [0.2, 0.25) is 10.0 Å². The second kappa shape index (κ2) is 11.9. The molecule has 208 valence electrons. The van der Waals surface area contributed by atoms with Gasteiger partial charge >= 0.3 is 5.97 Å². The summed E-state index contributed by atoms with van der Waals surface area (Å²) in [5.74, 6) is 0.391. The lowest BCUT2D eigenvalue weighted by molar-refractivity contribution is 0.0526. The average molecular weight is 606 g/mol. The molecule has 0 radical (unpaired) electrons. The molecule has 0 aliphatic heterocycles. The molecule has 0 aliphatic carbocycles. The zero-order valence-corrected chi connectivity index (χ0v) is 24.7. The van der Waals surface area contributed by atoms with E-state index in [1.54, 1.807) is 49.4 Å². The molecular formula is C32H26Cl2N2O4S. The van der Waals surface area contributed by atoms with Crippen molar-refractivity contribution >= 4 is 39.0 Å². The van der Waals surface area contributed by atoms with Crippen LogP contribution in [-0.4, -0.2) is 36.8 Å². The van der Waals surface area contributed by atoms with Crippen LogP contribution in [0.4, 0.5) is 0 Å². The van der Waals surface area contributed by atoms with Gasteiger partial charge in [0.05, 0.1) is 27.8 Å². The van der Waals surface area contributed by atoms with Crippen molar-refractivity contribution < 1.29 is 17.9 Å². The van der Waals surface area contributed by atoms with Crippen molar-refractivity contribution in [3.63, 3.8) is 0 Å². The summed E-state index contributed by atoms with van der Waals surface area (Å²) in [6, 6.07) is 27.3. The molecule has 5 aromatic rings. The minimum absolute atomic E-state index is 0.281. The quantitative estimate of drug-likeness (QED) is 0.170. The van der Waals surface area contributed by atoms with Gasteiger partial charge in [-0.05, 0) is 78.2 Å². The molecule has 0 spiro atoms. The Morgan fingerprint density at radius 2 is 1.63 bits per heavy atom. The molecule has 1 heterocycles. The lowest BCUT2D eigenvalue weighted by Gasteiger charge is -2.10. The number of sulfone groups is 1. The van der Waals surface area contributed by atoms with Crippen molar-refractivity contribution in [1.29, 1.82) is 0 Å². The number of halogens is 2. The Kier molecular flexibility index (Phi) is 8.31. The first-order valence-corrected chi connectivity index (χ1v) is 15.5. The van der Waals surface area contributed by atoms with Crippen molar-refractivity contribution in [3.05, 3.63) is 124 Å². The minimum Gasteiger partial charge on any atom is -0.462 e. The summed E-state index contributed by atoms with van der Waals surface area (Å²) in [6.07, 6.45) is 3.62. The lowest BCUT2D eigenvalue weighted by atomic mass is 10.0. The Morgan fingerprint density at radius 3 is 2.29 bits per heavy atom. The highest BCUT2D eigenvalue weighted by Gasteiger charge is 2.16. The van der Waals surface area contributed by atoms with E-state index in [0.29, 0.717) is 34.3 Å². The van der Waals surface area contributed by atoms with Crippen molar-refractivity contribution in [2.45, 2.75) is 18.2 Å². The Hall–Kier alpha value is -3.91. The molecule has 1 aromatic heterocycles. The van der Waals surface area contributed by atoms with E-state index in [0.717, 1.165) is 33.8 Å². The summed E-state index contributed by atoms with van der Waals surface area (Å²) < 4.78 is 31.1. The van der Waals surface area contributed by atoms with Gasteiger partial charge in [0.1, 0.15) is 5.82 Å². The fraction of sp³-hybridized carbons (Fsp3) is 0.125. The summed E-state index contributed by atoms with van der Waals surface area (Å²) in [7, 11) is -3.30. The van der Waals surface area contributed by atoms with E-state index in [-0.39, 0.29) is 10.9 Å². The molecule has 0 saturated carbocycles. The third-order valence-corrected chi connectivity index (χ3v) is 8.21. The zero-order chi connectivity index (χ0) is 29.1. The first-order valence-electron chi connectivity index (χ1n) is 12.8. The topological polar surface area (TPSA) is 78.3 Å². The number of rotatable bonds is 8. The fourth-order valence-electron chi connectivity index (χ4n) is 4.47. The molecule has 0 atom stereocenters. The fourth-order valence-corrected chi connectivity index (χ4v) is 5.64. The number of nitrogens with zero attached hydrogens (tertiary/aromatic N) is 2. The van der Waals surface area contributed by atoms with Crippen molar-refractivity contribution in [2.24, 2.45) is 0 Å². The predicted molar refractivity (Wildman–Crippen MR) is 163 cm³/mol. The van der Waals surface area contributed by atoms with Gasteiger partial charge in [0.25, 0.3) is 0 Å². The maximum absolute atomic E-state index is 12.2. The van der Waals surface area contributed by atoms with Gasteiger partial charge in [0, 0.05) is 35.1 Å². The SMILES string of the molecule is CCOC(=O)c1ccc(-n2cc(-c3ccc(Cl)cc3Cl)nc2Cc2ccc(-c3cccc(S(C)(=O)=O)c3)cc2)cc1. The molecule has 0 N–H and O–H groups in total.